The fraction of sp³-hybridized carbons (Fsp3) is 0.500. The summed E-state index contributed by atoms with van der Waals surface area (Å²) in [6.45, 7) is 4.11. The van der Waals surface area contributed by atoms with Crippen molar-refractivity contribution in [3.8, 4) is 5.75 Å². The normalized spacial score (nSPS) is 18.7. The summed E-state index contributed by atoms with van der Waals surface area (Å²) in [5.41, 5.74) is 4.75. The van der Waals surface area contributed by atoms with Gasteiger partial charge in [-0.15, -0.1) is 0 Å². The van der Waals surface area contributed by atoms with Gasteiger partial charge in [-0.1, -0.05) is 0 Å². The molecule has 1 amide bonds. The number of rotatable bonds is 4. The quantitative estimate of drug-likeness (QED) is 0.660. The van der Waals surface area contributed by atoms with Gasteiger partial charge in [0.2, 0.25) is 0 Å². The highest BCUT2D eigenvalue weighted by Crippen LogP contribution is 2.24. The van der Waals surface area contributed by atoms with Crippen LogP contribution in [0.25, 0.3) is 0 Å². The third-order valence-electron chi connectivity index (χ3n) is 3.81. The molecule has 2 heterocycles. The summed E-state index contributed by atoms with van der Waals surface area (Å²) in [4.78, 5) is 13.9. The minimum absolute atomic E-state index is 0.0977. The fourth-order valence-corrected chi connectivity index (χ4v) is 2.64. The van der Waals surface area contributed by atoms with Crippen LogP contribution in [0.3, 0.4) is 0 Å². The predicted octanol–water partition coefficient (Wildman–Crippen LogP) is 0.794. The van der Waals surface area contributed by atoms with Crippen LogP contribution in [-0.2, 0) is 16.0 Å². The number of hydrazone groups is 1. The van der Waals surface area contributed by atoms with E-state index in [1.165, 1.54) is 5.56 Å². The number of ether oxygens (including phenoxy) is 2. The number of nitrogens with one attached hydrogen (secondary N) is 1. The summed E-state index contributed by atoms with van der Waals surface area (Å²) < 4.78 is 10.8. The van der Waals surface area contributed by atoms with Crippen LogP contribution in [0.15, 0.2) is 23.3 Å². The maximum absolute atomic E-state index is 11.8. The Morgan fingerprint density at radius 1 is 1.32 bits per heavy atom. The minimum Gasteiger partial charge on any atom is -0.493 e. The lowest BCUT2D eigenvalue weighted by atomic mass is 10.0. The topological polar surface area (TPSA) is 63.2 Å². The van der Waals surface area contributed by atoms with Crippen molar-refractivity contribution >= 4 is 12.1 Å². The summed E-state index contributed by atoms with van der Waals surface area (Å²) >= 11 is 0. The van der Waals surface area contributed by atoms with Gasteiger partial charge < -0.3 is 9.47 Å². The second-order valence-corrected chi connectivity index (χ2v) is 5.50. The largest absolute Gasteiger partial charge is 0.493 e. The summed E-state index contributed by atoms with van der Waals surface area (Å²) in [5, 5.41) is 4.03. The zero-order chi connectivity index (χ0) is 15.2. The van der Waals surface area contributed by atoms with E-state index < -0.39 is 0 Å². The fourth-order valence-electron chi connectivity index (χ4n) is 2.64. The van der Waals surface area contributed by atoms with E-state index in [9.17, 15) is 4.79 Å². The number of hydrogen-bond donors (Lipinski definition) is 1. The molecule has 0 saturated carbocycles. The Kier molecular flexibility index (Phi) is 5.03. The second kappa shape index (κ2) is 7.38. The van der Waals surface area contributed by atoms with Crippen LogP contribution in [0.5, 0.6) is 5.75 Å². The van der Waals surface area contributed by atoms with Crippen LogP contribution in [0.2, 0.25) is 0 Å². The van der Waals surface area contributed by atoms with Gasteiger partial charge in [-0.3, -0.25) is 9.69 Å². The second-order valence-electron chi connectivity index (χ2n) is 5.50. The van der Waals surface area contributed by atoms with Gasteiger partial charge in [-0.05, 0) is 42.2 Å². The molecule has 6 heteroatoms. The first-order valence-corrected chi connectivity index (χ1v) is 7.69. The van der Waals surface area contributed by atoms with Gasteiger partial charge in [0, 0.05) is 13.1 Å². The van der Waals surface area contributed by atoms with Crippen molar-refractivity contribution in [2.45, 2.75) is 12.8 Å². The van der Waals surface area contributed by atoms with E-state index in [4.69, 9.17) is 9.47 Å². The Labute approximate surface area is 130 Å². The molecular weight excluding hydrogens is 282 g/mol. The Morgan fingerprint density at radius 3 is 3.05 bits per heavy atom. The van der Waals surface area contributed by atoms with Gasteiger partial charge in [0.25, 0.3) is 5.91 Å². The summed E-state index contributed by atoms with van der Waals surface area (Å²) in [6.07, 6.45) is 3.75. The highest BCUT2D eigenvalue weighted by molar-refractivity contribution is 5.83. The zero-order valence-electron chi connectivity index (χ0n) is 12.6. The zero-order valence-corrected chi connectivity index (χ0v) is 12.6. The molecule has 0 radical (unpaired) electrons. The van der Waals surface area contributed by atoms with E-state index in [2.05, 4.69) is 21.5 Å². The number of amides is 1. The molecule has 1 N–H and O–H groups in total. The average molecular weight is 303 g/mol. The highest BCUT2D eigenvalue weighted by atomic mass is 16.5. The third kappa shape index (κ3) is 4.05. The molecule has 22 heavy (non-hydrogen) atoms. The number of morpholine rings is 1. The van der Waals surface area contributed by atoms with Crippen molar-refractivity contribution in [1.82, 2.24) is 10.3 Å². The number of aryl methyl sites for hydroxylation is 1. The molecule has 1 saturated heterocycles. The molecule has 118 valence electrons. The predicted molar refractivity (Wildman–Crippen MR) is 83.3 cm³/mol. The summed E-state index contributed by atoms with van der Waals surface area (Å²) in [6, 6.07) is 5.97. The van der Waals surface area contributed by atoms with Crippen LogP contribution in [0.1, 0.15) is 17.5 Å². The van der Waals surface area contributed by atoms with Crippen LogP contribution in [0.4, 0.5) is 0 Å². The molecule has 0 aromatic heterocycles. The number of carbonyl (C=O) groups excluding carboxylic acids is 1. The molecule has 1 aromatic rings. The highest BCUT2D eigenvalue weighted by Gasteiger charge is 2.13. The number of nitrogens with zero attached hydrogens (tertiary/aromatic N) is 2. The molecule has 0 unspecified atom stereocenters. The van der Waals surface area contributed by atoms with Crippen molar-refractivity contribution in [1.29, 1.82) is 0 Å². The number of hydrogen-bond acceptors (Lipinski definition) is 5. The van der Waals surface area contributed by atoms with Gasteiger partial charge >= 0.3 is 0 Å². The van der Waals surface area contributed by atoms with Crippen molar-refractivity contribution in [3.63, 3.8) is 0 Å². The monoisotopic (exact) mass is 303 g/mol. The average Bonchev–Trinajstić information content (AvgIpc) is 2.55. The molecule has 0 atom stereocenters. The van der Waals surface area contributed by atoms with Crippen LogP contribution in [-0.4, -0.2) is 56.5 Å². The van der Waals surface area contributed by atoms with Gasteiger partial charge in [-0.2, -0.15) is 5.10 Å². The first-order valence-electron chi connectivity index (χ1n) is 7.69. The van der Waals surface area contributed by atoms with Crippen LogP contribution >= 0.6 is 0 Å². The smallest absolute Gasteiger partial charge is 0.254 e. The first kappa shape index (κ1) is 15.0. The molecule has 3 rings (SSSR count). The van der Waals surface area contributed by atoms with E-state index in [-0.39, 0.29) is 5.91 Å². The van der Waals surface area contributed by atoms with Gasteiger partial charge in [0.1, 0.15) is 5.75 Å². The molecule has 1 fully saturated rings. The molecule has 0 aliphatic carbocycles. The third-order valence-corrected chi connectivity index (χ3v) is 3.81. The van der Waals surface area contributed by atoms with Gasteiger partial charge in [0.05, 0.1) is 32.6 Å². The standard InChI is InChI=1S/C16H21N3O3/c20-16(12-19-5-8-21-9-6-19)18-17-11-13-3-4-15-14(10-13)2-1-7-22-15/h3-4,10-11H,1-2,5-9,12H2,(H,18,20). The number of fused-ring (bicyclic) bond motifs is 1. The van der Waals surface area contributed by atoms with Crippen LogP contribution < -0.4 is 10.2 Å². The maximum Gasteiger partial charge on any atom is 0.254 e. The Bertz CT molecular complexity index is 554. The molecule has 1 aromatic carbocycles. The van der Waals surface area contributed by atoms with E-state index in [0.29, 0.717) is 19.8 Å². The molecule has 0 spiro atoms. The molecule has 0 bridgehead atoms. The molecule has 2 aliphatic heterocycles. The van der Waals surface area contributed by atoms with E-state index >= 15 is 0 Å². The lowest BCUT2D eigenvalue weighted by Crippen LogP contribution is -2.42. The lowest BCUT2D eigenvalue weighted by Gasteiger charge is -2.25. The Balaban J connectivity index is 1.50. The van der Waals surface area contributed by atoms with E-state index in [0.717, 1.165) is 43.9 Å². The maximum atomic E-state index is 11.8. The number of benzene rings is 1. The van der Waals surface area contributed by atoms with Gasteiger partial charge in [0.15, 0.2) is 0 Å². The van der Waals surface area contributed by atoms with Gasteiger partial charge in [-0.25, -0.2) is 5.43 Å². The SMILES string of the molecule is O=C(CN1CCOCC1)NN=Cc1ccc2c(c1)CCCO2. The van der Waals surface area contributed by atoms with E-state index in [1.807, 2.05) is 12.1 Å². The molecule has 2 aliphatic rings. The Hall–Kier alpha value is -1.92. The van der Waals surface area contributed by atoms with Crippen molar-refractivity contribution in [3.05, 3.63) is 29.3 Å². The first-order chi connectivity index (χ1) is 10.8. The van der Waals surface area contributed by atoms with E-state index in [1.54, 1.807) is 6.21 Å². The summed E-state index contributed by atoms with van der Waals surface area (Å²) in [7, 11) is 0. The summed E-state index contributed by atoms with van der Waals surface area (Å²) in [5.74, 6) is 0.860. The van der Waals surface area contributed by atoms with Crippen LogP contribution in [0, 0.1) is 0 Å². The number of carbonyl (C=O) groups is 1. The van der Waals surface area contributed by atoms with Crippen molar-refractivity contribution < 1.29 is 14.3 Å². The lowest BCUT2D eigenvalue weighted by molar-refractivity contribution is -0.123. The minimum atomic E-state index is -0.0977. The van der Waals surface area contributed by atoms with Crippen molar-refractivity contribution in [2.75, 3.05) is 39.5 Å². The Morgan fingerprint density at radius 2 is 2.18 bits per heavy atom. The molecular formula is C16H21N3O3. The van der Waals surface area contributed by atoms with Crippen molar-refractivity contribution in [2.24, 2.45) is 5.10 Å². The molecule has 6 nitrogen and oxygen atoms in total.